The van der Waals surface area contributed by atoms with E-state index in [4.69, 9.17) is 0 Å². The van der Waals surface area contributed by atoms with Crippen molar-refractivity contribution < 1.29 is 4.79 Å². The normalized spacial score (nSPS) is 22.6. The molecule has 2 aliphatic rings. The Morgan fingerprint density at radius 2 is 2.15 bits per heavy atom. The number of amides is 1. The predicted octanol–water partition coefficient (Wildman–Crippen LogP) is 1.60. The molecule has 20 heavy (non-hydrogen) atoms. The van der Waals surface area contributed by atoms with Gasteiger partial charge in [-0.2, -0.15) is 5.10 Å². The van der Waals surface area contributed by atoms with Crippen LogP contribution in [-0.4, -0.2) is 41.1 Å². The fraction of sp³-hybridized carbons (Fsp3) is 0.692. The van der Waals surface area contributed by atoms with Gasteiger partial charge in [-0.1, -0.05) is 0 Å². The number of rotatable bonds is 3. The van der Waals surface area contributed by atoms with Crippen molar-refractivity contribution in [3.05, 3.63) is 18.0 Å². The number of carbonyl (C=O) groups is 1. The Balaban J connectivity index is 0.000001000. The lowest BCUT2D eigenvalue weighted by atomic mass is 9.91. The molecule has 0 aromatic carbocycles. The maximum atomic E-state index is 12.4. The number of hydrogen-bond donors (Lipinski definition) is 2. The van der Waals surface area contributed by atoms with E-state index in [0.29, 0.717) is 17.9 Å². The summed E-state index contributed by atoms with van der Waals surface area (Å²) in [5.41, 5.74) is 1.32. The van der Waals surface area contributed by atoms with E-state index in [1.54, 1.807) is 6.20 Å². The lowest BCUT2D eigenvalue weighted by Crippen LogP contribution is -2.34. The third-order valence-electron chi connectivity index (χ3n) is 4.43. The molecule has 2 heterocycles. The Morgan fingerprint density at radius 1 is 1.45 bits per heavy atom. The maximum Gasteiger partial charge on any atom is 0.226 e. The van der Waals surface area contributed by atoms with Gasteiger partial charge in [0.2, 0.25) is 5.91 Å². The Kier molecular flexibility index (Phi) is 5.86. The smallest absolute Gasteiger partial charge is 0.226 e. The summed E-state index contributed by atoms with van der Waals surface area (Å²) in [5, 5.41) is 10.2. The van der Waals surface area contributed by atoms with Gasteiger partial charge < -0.3 is 10.2 Å². The summed E-state index contributed by atoms with van der Waals surface area (Å²) in [7, 11) is 1.89. The molecular formula is C13H22Cl2N4O. The molecule has 1 spiro atoms. The first-order valence-electron chi connectivity index (χ1n) is 6.65. The number of aromatic nitrogens is 2. The van der Waals surface area contributed by atoms with Crippen molar-refractivity contribution in [3.63, 3.8) is 0 Å². The summed E-state index contributed by atoms with van der Waals surface area (Å²) >= 11 is 0. The van der Waals surface area contributed by atoms with Crippen LogP contribution in [0.3, 0.4) is 0 Å². The van der Waals surface area contributed by atoms with Crippen molar-refractivity contribution in [2.45, 2.75) is 25.8 Å². The molecule has 2 N–H and O–H groups in total. The average Bonchev–Trinajstić information content (AvgIpc) is 2.84. The average molecular weight is 321 g/mol. The van der Waals surface area contributed by atoms with Gasteiger partial charge in [0.1, 0.15) is 0 Å². The second kappa shape index (κ2) is 6.78. The number of H-pyrrole nitrogens is 1. The van der Waals surface area contributed by atoms with Gasteiger partial charge in [-0.05, 0) is 43.8 Å². The molecule has 1 amide bonds. The molecule has 1 atom stereocenters. The Bertz CT molecular complexity index is 432. The molecule has 1 aliphatic carbocycles. The highest BCUT2D eigenvalue weighted by atomic mass is 35.5. The van der Waals surface area contributed by atoms with E-state index in [1.807, 2.05) is 18.0 Å². The number of aromatic amines is 1. The molecule has 1 unspecified atom stereocenters. The summed E-state index contributed by atoms with van der Waals surface area (Å²) in [4.78, 5) is 14.2. The van der Waals surface area contributed by atoms with Crippen LogP contribution >= 0.6 is 24.8 Å². The molecule has 3 rings (SSSR count). The zero-order chi connectivity index (χ0) is 12.6. The minimum Gasteiger partial charge on any atom is -0.340 e. The van der Waals surface area contributed by atoms with Gasteiger partial charge in [0.25, 0.3) is 0 Å². The zero-order valence-corrected chi connectivity index (χ0v) is 13.2. The monoisotopic (exact) mass is 320 g/mol. The van der Waals surface area contributed by atoms with Crippen LogP contribution in [0.2, 0.25) is 0 Å². The van der Waals surface area contributed by atoms with E-state index in [0.717, 1.165) is 38.0 Å². The molecule has 114 valence electrons. The summed E-state index contributed by atoms with van der Waals surface area (Å²) in [5.74, 6) is 0.555. The van der Waals surface area contributed by atoms with Gasteiger partial charge >= 0.3 is 0 Å². The maximum absolute atomic E-state index is 12.4. The molecule has 0 bridgehead atoms. The van der Waals surface area contributed by atoms with Gasteiger partial charge in [-0.15, -0.1) is 24.8 Å². The van der Waals surface area contributed by atoms with Crippen molar-refractivity contribution in [3.8, 4) is 0 Å². The quantitative estimate of drug-likeness (QED) is 0.889. The Hall–Kier alpha value is -0.780. The van der Waals surface area contributed by atoms with Gasteiger partial charge in [0, 0.05) is 19.2 Å². The van der Waals surface area contributed by atoms with Gasteiger partial charge in [0.15, 0.2) is 0 Å². The van der Waals surface area contributed by atoms with E-state index in [1.165, 1.54) is 0 Å². The van der Waals surface area contributed by atoms with Gasteiger partial charge in [-0.3, -0.25) is 9.89 Å². The minimum atomic E-state index is 0. The SMILES string of the molecule is CN(Cc1ccn[nH]1)C(=O)C1CC12CCNCC2.Cl.Cl. The second-order valence-electron chi connectivity index (χ2n) is 5.65. The third-order valence-corrected chi connectivity index (χ3v) is 4.43. The molecule has 5 nitrogen and oxygen atoms in total. The number of halogens is 2. The van der Waals surface area contributed by atoms with Crippen molar-refractivity contribution in [2.24, 2.45) is 11.3 Å². The summed E-state index contributed by atoms with van der Waals surface area (Å²) in [6.07, 6.45) is 5.11. The lowest BCUT2D eigenvalue weighted by Gasteiger charge is -2.25. The van der Waals surface area contributed by atoms with E-state index < -0.39 is 0 Å². The van der Waals surface area contributed by atoms with Crippen molar-refractivity contribution in [1.29, 1.82) is 0 Å². The van der Waals surface area contributed by atoms with E-state index in [9.17, 15) is 4.79 Å². The van der Waals surface area contributed by atoms with E-state index in [-0.39, 0.29) is 30.7 Å². The minimum absolute atomic E-state index is 0. The molecule has 7 heteroatoms. The summed E-state index contributed by atoms with van der Waals surface area (Å²) < 4.78 is 0. The first-order valence-corrected chi connectivity index (χ1v) is 6.65. The van der Waals surface area contributed by atoms with Crippen LogP contribution in [0.15, 0.2) is 12.3 Å². The molecule has 1 aliphatic heterocycles. The summed E-state index contributed by atoms with van der Waals surface area (Å²) in [6, 6.07) is 1.91. The van der Waals surface area contributed by atoms with Gasteiger partial charge in [-0.25, -0.2) is 0 Å². The number of piperidine rings is 1. The fourth-order valence-electron chi connectivity index (χ4n) is 3.15. The lowest BCUT2D eigenvalue weighted by molar-refractivity contribution is -0.132. The first-order chi connectivity index (χ1) is 8.71. The highest BCUT2D eigenvalue weighted by molar-refractivity contribution is 5.85. The Morgan fingerprint density at radius 3 is 2.75 bits per heavy atom. The second-order valence-corrected chi connectivity index (χ2v) is 5.65. The zero-order valence-electron chi connectivity index (χ0n) is 11.6. The third kappa shape index (κ3) is 3.27. The molecule has 1 saturated heterocycles. The number of hydrogen-bond acceptors (Lipinski definition) is 3. The molecular weight excluding hydrogens is 299 g/mol. The van der Waals surface area contributed by atoms with E-state index >= 15 is 0 Å². The molecule has 1 aromatic rings. The Labute approximate surface area is 131 Å². The number of nitrogens with zero attached hydrogens (tertiary/aromatic N) is 2. The van der Waals surface area contributed by atoms with Crippen molar-refractivity contribution in [1.82, 2.24) is 20.4 Å². The van der Waals surface area contributed by atoms with E-state index in [2.05, 4.69) is 15.5 Å². The highest BCUT2D eigenvalue weighted by Crippen LogP contribution is 2.59. The van der Waals surface area contributed by atoms with Crippen molar-refractivity contribution in [2.75, 3.05) is 20.1 Å². The fourth-order valence-corrected chi connectivity index (χ4v) is 3.15. The number of carbonyl (C=O) groups excluding carboxylic acids is 1. The first kappa shape index (κ1) is 17.3. The summed E-state index contributed by atoms with van der Waals surface area (Å²) in [6.45, 7) is 2.76. The van der Waals surface area contributed by atoms with Crippen LogP contribution in [-0.2, 0) is 11.3 Å². The standard InChI is InChI=1S/C13H20N4O.2ClH/c1-17(9-10-2-5-15-16-10)12(18)11-8-13(11)3-6-14-7-4-13;;/h2,5,11,14H,3-4,6-9H2,1H3,(H,15,16);2*1H. The van der Waals surface area contributed by atoms with Crippen LogP contribution in [0.4, 0.5) is 0 Å². The van der Waals surface area contributed by atoms with Gasteiger partial charge in [0.05, 0.1) is 12.2 Å². The highest BCUT2D eigenvalue weighted by Gasteiger charge is 2.58. The topological polar surface area (TPSA) is 61.0 Å². The van der Waals surface area contributed by atoms with Crippen LogP contribution in [0, 0.1) is 11.3 Å². The van der Waals surface area contributed by atoms with Crippen LogP contribution in [0.25, 0.3) is 0 Å². The molecule has 2 fully saturated rings. The van der Waals surface area contributed by atoms with Crippen LogP contribution < -0.4 is 5.32 Å². The number of nitrogens with one attached hydrogen (secondary N) is 2. The largest absolute Gasteiger partial charge is 0.340 e. The van der Waals surface area contributed by atoms with Crippen LogP contribution in [0.1, 0.15) is 25.0 Å². The molecule has 0 radical (unpaired) electrons. The molecule has 1 saturated carbocycles. The molecule has 1 aromatic heterocycles. The predicted molar refractivity (Wildman–Crippen MR) is 82.2 cm³/mol. The van der Waals surface area contributed by atoms with Crippen molar-refractivity contribution >= 4 is 30.7 Å². The van der Waals surface area contributed by atoms with Crippen LogP contribution in [0.5, 0.6) is 0 Å².